The molecule has 18 heavy (non-hydrogen) atoms. The molecular formula is C13H19Cl2NO2. The number of hydrogen-bond donors (Lipinski definition) is 1. The van der Waals surface area contributed by atoms with Crippen LogP contribution >= 0.6 is 23.2 Å². The molecule has 1 aromatic rings. The monoisotopic (exact) mass is 291 g/mol. The molecule has 0 unspecified atom stereocenters. The van der Waals surface area contributed by atoms with E-state index in [1.54, 1.807) is 6.07 Å². The molecule has 1 aromatic carbocycles. The summed E-state index contributed by atoms with van der Waals surface area (Å²) in [6.45, 7) is 6.02. The Bertz CT molecular complexity index is 397. The highest BCUT2D eigenvalue weighted by atomic mass is 35.5. The van der Waals surface area contributed by atoms with Crippen LogP contribution in [0.1, 0.15) is 19.4 Å². The molecular weight excluding hydrogens is 273 g/mol. The fourth-order valence-electron chi connectivity index (χ4n) is 1.55. The van der Waals surface area contributed by atoms with Crippen molar-refractivity contribution in [2.75, 3.05) is 20.2 Å². The molecule has 0 spiro atoms. The van der Waals surface area contributed by atoms with E-state index in [0.717, 1.165) is 12.1 Å². The average Bonchev–Trinajstić information content (AvgIpc) is 2.24. The summed E-state index contributed by atoms with van der Waals surface area (Å²) >= 11 is 11.8. The zero-order chi connectivity index (χ0) is 13.7. The minimum atomic E-state index is 0.0951. The molecule has 0 radical (unpaired) electrons. The molecule has 1 rings (SSSR count). The smallest absolute Gasteiger partial charge is 0.138 e. The van der Waals surface area contributed by atoms with Crippen LogP contribution in [0.15, 0.2) is 12.1 Å². The van der Waals surface area contributed by atoms with Crippen LogP contribution < -0.4 is 0 Å². The third kappa shape index (κ3) is 5.02. The van der Waals surface area contributed by atoms with E-state index in [0.29, 0.717) is 18.2 Å². The standard InChI is InChI=1S/C13H19Cl2NO2/c1-9(2)18-5-4-16(3)8-10-6-11(14)7-12(15)13(10)17/h6-7,9,17H,4-5,8H2,1-3H3. The summed E-state index contributed by atoms with van der Waals surface area (Å²) in [4.78, 5) is 2.05. The van der Waals surface area contributed by atoms with E-state index in [1.807, 2.05) is 25.8 Å². The van der Waals surface area contributed by atoms with E-state index in [4.69, 9.17) is 27.9 Å². The SMILES string of the molecule is CC(C)OCCN(C)Cc1cc(Cl)cc(Cl)c1O. The van der Waals surface area contributed by atoms with Crippen molar-refractivity contribution >= 4 is 23.2 Å². The van der Waals surface area contributed by atoms with Gasteiger partial charge in [-0.15, -0.1) is 0 Å². The Morgan fingerprint density at radius 3 is 2.61 bits per heavy atom. The lowest BCUT2D eigenvalue weighted by molar-refractivity contribution is 0.0626. The van der Waals surface area contributed by atoms with Crippen molar-refractivity contribution in [1.29, 1.82) is 0 Å². The van der Waals surface area contributed by atoms with Crippen molar-refractivity contribution in [2.24, 2.45) is 0 Å². The Labute approximate surface area is 118 Å². The van der Waals surface area contributed by atoms with Crippen LogP contribution in [0.4, 0.5) is 0 Å². The maximum absolute atomic E-state index is 9.84. The molecule has 3 nitrogen and oxygen atoms in total. The van der Waals surface area contributed by atoms with Gasteiger partial charge in [0.25, 0.3) is 0 Å². The zero-order valence-corrected chi connectivity index (χ0v) is 12.4. The highest BCUT2D eigenvalue weighted by molar-refractivity contribution is 6.35. The number of aromatic hydroxyl groups is 1. The second-order valence-electron chi connectivity index (χ2n) is 4.55. The molecule has 0 bridgehead atoms. The summed E-state index contributed by atoms with van der Waals surface area (Å²) in [6.07, 6.45) is 0.229. The van der Waals surface area contributed by atoms with Crippen LogP contribution in [0, 0.1) is 0 Å². The minimum Gasteiger partial charge on any atom is -0.506 e. The van der Waals surface area contributed by atoms with Gasteiger partial charge >= 0.3 is 0 Å². The highest BCUT2D eigenvalue weighted by Crippen LogP contribution is 2.31. The lowest BCUT2D eigenvalue weighted by atomic mass is 10.2. The molecule has 1 N–H and O–H groups in total. The predicted octanol–water partition coefficient (Wildman–Crippen LogP) is 3.56. The van der Waals surface area contributed by atoms with Gasteiger partial charge in [-0.2, -0.15) is 0 Å². The summed E-state index contributed by atoms with van der Waals surface area (Å²) < 4.78 is 5.47. The summed E-state index contributed by atoms with van der Waals surface area (Å²) in [7, 11) is 1.96. The maximum Gasteiger partial charge on any atom is 0.138 e. The van der Waals surface area contributed by atoms with Gasteiger partial charge in [-0.05, 0) is 33.0 Å². The second kappa shape index (κ2) is 7.19. The predicted molar refractivity (Wildman–Crippen MR) is 75.5 cm³/mol. The Morgan fingerprint density at radius 1 is 1.33 bits per heavy atom. The number of nitrogens with zero attached hydrogens (tertiary/aromatic N) is 1. The Balaban J connectivity index is 2.56. The molecule has 0 aliphatic rings. The molecule has 0 saturated heterocycles. The van der Waals surface area contributed by atoms with Crippen LogP contribution in [0.25, 0.3) is 0 Å². The number of phenols is 1. The van der Waals surface area contributed by atoms with Gasteiger partial charge in [-0.1, -0.05) is 23.2 Å². The molecule has 0 atom stereocenters. The molecule has 5 heteroatoms. The van der Waals surface area contributed by atoms with E-state index in [-0.39, 0.29) is 16.9 Å². The first kappa shape index (κ1) is 15.6. The number of likely N-dealkylation sites (N-methyl/N-ethyl adjacent to an activating group) is 1. The lowest BCUT2D eigenvalue weighted by Crippen LogP contribution is -2.24. The van der Waals surface area contributed by atoms with Gasteiger partial charge in [-0.3, -0.25) is 4.90 Å². The maximum atomic E-state index is 9.84. The molecule has 0 aliphatic carbocycles. The average molecular weight is 292 g/mol. The number of hydrogen-bond acceptors (Lipinski definition) is 3. The molecule has 102 valence electrons. The molecule has 0 aromatic heterocycles. The third-order valence-corrected chi connectivity index (χ3v) is 2.98. The summed E-state index contributed by atoms with van der Waals surface area (Å²) in [5.41, 5.74) is 0.722. The van der Waals surface area contributed by atoms with Gasteiger partial charge < -0.3 is 9.84 Å². The zero-order valence-electron chi connectivity index (χ0n) is 10.9. The van der Waals surface area contributed by atoms with Gasteiger partial charge in [0.15, 0.2) is 0 Å². The summed E-state index contributed by atoms with van der Waals surface area (Å²) in [5.74, 6) is 0.0951. The largest absolute Gasteiger partial charge is 0.506 e. The minimum absolute atomic E-state index is 0.0951. The fourth-order valence-corrected chi connectivity index (χ4v) is 2.09. The number of benzene rings is 1. The Hall–Kier alpha value is -0.480. The van der Waals surface area contributed by atoms with Crippen LogP contribution in [0.3, 0.4) is 0 Å². The first-order valence-corrected chi connectivity index (χ1v) is 6.62. The van der Waals surface area contributed by atoms with Gasteiger partial charge in [0.05, 0.1) is 17.7 Å². The molecule has 0 heterocycles. The van der Waals surface area contributed by atoms with Crippen LogP contribution in [0.5, 0.6) is 5.75 Å². The van der Waals surface area contributed by atoms with E-state index in [9.17, 15) is 5.11 Å². The number of phenolic OH excluding ortho intramolecular Hbond substituents is 1. The van der Waals surface area contributed by atoms with Crippen LogP contribution in [0.2, 0.25) is 10.0 Å². The Morgan fingerprint density at radius 2 is 2.00 bits per heavy atom. The summed E-state index contributed by atoms with van der Waals surface area (Å²) in [5, 5.41) is 10.6. The van der Waals surface area contributed by atoms with Crippen molar-refractivity contribution in [2.45, 2.75) is 26.5 Å². The first-order chi connectivity index (χ1) is 8.40. The second-order valence-corrected chi connectivity index (χ2v) is 5.40. The molecule has 0 saturated carbocycles. The molecule has 0 fully saturated rings. The molecule has 0 amide bonds. The van der Waals surface area contributed by atoms with Gasteiger partial charge in [0, 0.05) is 23.7 Å². The van der Waals surface area contributed by atoms with E-state index >= 15 is 0 Å². The number of ether oxygens (including phenoxy) is 1. The van der Waals surface area contributed by atoms with Crippen molar-refractivity contribution < 1.29 is 9.84 Å². The van der Waals surface area contributed by atoms with Gasteiger partial charge in [-0.25, -0.2) is 0 Å². The highest BCUT2D eigenvalue weighted by Gasteiger charge is 2.10. The van der Waals surface area contributed by atoms with Crippen LogP contribution in [-0.2, 0) is 11.3 Å². The van der Waals surface area contributed by atoms with E-state index < -0.39 is 0 Å². The summed E-state index contributed by atoms with van der Waals surface area (Å²) in [6, 6.07) is 3.26. The third-order valence-electron chi connectivity index (χ3n) is 2.47. The normalized spacial score (nSPS) is 11.5. The van der Waals surface area contributed by atoms with Gasteiger partial charge in [0.1, 0.15) is 5.75 Å². The van der Waals surface area contributed by atoms with E-state index in [2.05, 4.69) is 0 Å². The van der Waals surface area contributed by atoms with E-state index in [1.165, 1.54) is 6.07 Å². The lowest BCUT2D eigenvalue weighted by Gasteiger charge is -2.18. The van der Waals surface area contributed by atoms with Crippen molar-refractivity contribution in [3.8, 4) is 5.75 Å². The first-order valence-electron chi connectivity index (χ1n) is 5.87. The number of halogens is 2. The topological polar surface area (TPSA) is 32.7 Å². The van der Waals surface area contributed by atoms with Crippen molar-refractivity contribution in [3.63, 3.8) is 0 Å². The number of rotatable bonds is 6. The fraction of sp³-hybridized carbons (Fsp3) is 0.538. The van der Waals surface area contributed by atoms with Crippen molar-refractivity contribution in [1.82, 2.24) is 4.90 Å². The Kier molecular flexibility index (Phi) is 6.22. The molecule has 0 aliphatic heterocycles. The van der Waals surface area contributed by atoms with Crippen molar-refractivity contribution in [3.05, 3.63) is 27.7 Å². The van der Waals surface area contributed by atoms with Gasteiger partial charge in [0.2, 0.25) is 0 Å². The quantitative estimate of drug-likeness (QED) is 0.870. The van der Waals surface area contributed by atoms with Crippen LogP contribution in [-0.4, -0.2) is 36.3 Å².